The topological polar surface area (TPSA) is 109 Å². The minimum atomic E-state index is -1.12. The number of nitrogens with zero attached hydrogens (tertiary/aromatic N) is 4. The zero-order chi connectivity index (χ0) is 32.4. The number of imidazole rings is 1. The molecule has 4 heterocycles. The molecular weight excluding hydrogens is 580 g/mol. The molecule has 11 heteroatoms. The summed E-state index contributed by atoms with van der Waals surface area (Å²) in [6.07, 6.45) is 5.99. The summed E-state index contributed by atoms with van der Waals surface area (Å²) in [5, 5.41) is 12.8. The highest BCUT2D eigenvalue weighted by molar-refractivity contribution is 5.84. The number of likely N-dealkylation sites (tertiary alicyclic amines) is 1. The number of carbonyl (C=O) groups excluding carboxylic acids is 1. The molecule has 1 fully saturated rings. The quantitative estimate of drug-likeness (QED) is 0.230. The van der Waals surface area contributed by atoms with Crippen LogP contribution in [-0.4, -0.2) is 61.6 Å². The lowest BCUT2D eigenvalue weighted by atomic mass is 9.93. The summed E-state index contributed by atoms with van der Waals surface area (Å²) in [6.45, 7) is 8.91. The van der Waals surface area contributed by atoms with E-state index < -0.39 is 47.9 Å². The maximum atomic E-state index is 14.9. The van der Waals surface area contributed by atoms with Crippen LogP contribution in [0.15, 0.2) is 59.9 Å². The maximum Gasteiger partial charge on any atom is 0.305 e. The molecule has 0 bridgehead atoms. The fraction of sp³-hybridized carbons (Fsp3) is 0.412. The van der Waals surface area contributed by atoms with E-state index in [0.29, 0.717) is 42.8 Å². The van der Waals surface area contributed by atoms with Gasteiger partial charge in [0.05, 0.1) is 12.5 Å². The summed E-state index contributed by atoms with van der Waals surface area (Å²) < 4.78 is 31.1. The van der Waals surface area contributed by atoms with E-state index in [9.17, 15) is 28.3 Å². The minimum Gasteiger partial charge on any atom is -0.481 e. The number of carboxylic acid groups (broad SMARTS) is 1. The highest BCUT2D eigenvalue weighted by atomic mass is 19.1. The van der Waals surface area contributed by atoms with E-state index in [4.69, 9.17) is 0 Å². The van der Waals surface area contributed by atoms with Crippen LogP contribution in [0.5, 0.6) is 0 Å². The molecule has 2 atom stereocenters. The molecule has 1 aliphatic rings. The first-order valence-corrected chi connectivity index (χ1v) is 15.2. The van der Waals surface area contributed by atoms with Crippen LogP contribution in [0.2, 0.25) is 0 Å². The molecule has 3 aromatic heterocycles. The summed E-state index contributed by atoms with van der Waals surface area (Å²) >= 11 is 0. The average molecular weight is 620 g/mol. The standard InChI is InChI=1S/C34H39F2N5O4/c1-20(2)12-29(41-16-23(13-27(36)34(41)45)8-10-39-18-25(35)19-39)33(44)38-28(15-30(42)43)24-14-26(32-37-9-11-40(32)17-24)31-21(3)6-5-7-22(31)4/h5-7,9,11,13-14,16-17,20,25,28-29H,8,10,12,15,18-19H2,1-4H3,(H,38,44)(H,42,43)/t28-,29+/m0/s1. The number of aliphatic carboxylic acids is 1. The van der Waals surface area contributed by atoms with Crippen LogP contribution >= 0.6 is 0 Å². The van der Waals surface area contributed by atoms with Crippen molar-refractivity contribution in [1.29, 1.82) is 0 Å². The zero-order valence-electron chi connectivity index (χ0n) is 26.0. The number of aromatic nitrogens is 3. The lowest BCUT2D eigenvalue weighted by Gasteiger charge is -2.34. The number of benzene rings is 1. The number of carboxylic acids is 1. The van der Waals surface area contributed by atoms with Crippen LogP contribution < -0.4 is 10.9 Å². The van der Waals surface area contributed by atoms with Gasteiger partial charge in [0, 0.05) is 50.0 Å². The monoisotopic (exact) mass is 619 g/mol. The van der Waals surface area contributed by atoms with Gasteiger partial charge >= 0.3 is 5.97 Å². The Kier molecular flexibility index (Phi) is 9.48. The molecular formula is C34H39F2N5O4. The molecule has 1 saturated heterocycles. The van der Waals surface area contributed by atoms with E-state index in [2.05, 4.69) is 10.3 Å². The maximum absolute atomic E-state index is 14.9. The zero-order valence-corrected chi connectivity index (χ0v) is 26.0. The van der Waals surface area contributed by atoms with E-state index in [1.807, 2.05) is 56.9 Å². The van der Waals surface area contributed by atoms with Gasteiger partial charge in [-0.1, -0.05) is 32.0 Å². The van der Waals surface area contributed by atoms with E-state index >= 15 is 0 Å². The van der Waals surface area contributed by atoms with Gasteiger partial charge in [-0.05, 0) is 72.6 Å². The molecule has 1 aliphatic heterocycles. The molecule has 45 heavy (non-hydrogen) atoms. The number of alkyl halides is 1. The van der Waals surface area contributed by atoms with Crippen molar-refractivity contribution in [2.24, 2.45) is 5.92 Å². The molecule has 9 nitrogen and oxygen atoms in total. The van der Waals surface area contributed by atoms with Crippen LogP contribution in [0.3, 0.4) is 0 Å². The number of pyridine rings is 2. The molecule has 4 aromatic rings. The molecule has 0 unspecified atom stereocenters. The van der Waals surface area contributed by atoms with Crippen molar-refractivity contribution in [3.63, 3.8) is 0 Å². The van der Waals surface area contributed by atoms with Gasteiger partial charge in [-0.15, -0.1) is 0 Å². The molecule has 1 aromatic carbocycles. The van der Waals surface area contributed by atoms with Gasteiger partial charge in [-0.3, -0.25) is 19.3 Å². The summed E-state index contributed by atoms with van der Waals surface area (Å²) in [5.41, 5.74) is 4.62. The largest absolute Gasteiger partial charge is 0.481 e. The van der Waals surface area contributed by atoms with E-state index in [1.165, 1.54) is 12.3 Å². The molecule has 1 amide bonds. The predicted octanol–water partition coefficient (Wildman–Crippen LogP) is 5.03. The van der Waals surface area contributed by atoms with Crippen molar-refractivity contribution in [2.45, 2.75) is 65.2 Å². The van der Waals surface area contributed by atoms with E-state index in [-0.39, 0.29) is 12.3 Å². The second-order valence-electron chi connectivity index (χ2n) is 12.4. The minimum absolute atomic E-state index is 0.0437. The highest BCUT2D eigenvalue weighted by Gasteiger charge is 2.30. The van der Waals surface area contributed by atoms with Gasteiger partial charge in [0.2, 0.25) is 5.91 Å². The number of amides is 1. The summed E-state index contributed by atoms with van der Waals surface area (Å²) in [4.78, 5) is 45.6. The SMILES string of the molecule is Cc1cccc(C)c1-c1cc([C@H](CC(=O)O)NC(=O)[C@@H](CC(C)C)n2cc(CCN3CC(F)C3)cc(F)c2=O)cn2ccnc12. The number of rotatable bonds is 12. The van der Waals surface area contributed by atoms with Crippen LogP contribution in [0, 0.1) is 25.6 Å². The van der Waals surface area contributed by atoms with Crippen molar-refractivity contribution >= 4 is 17.5 Å². The van der Waals surface area contributed by atoms with Gasteiger partial charge in [0.1, 0.15) is 17.9 Å². The second kappa shape index (κ2) is 13.3. The Hall–Kier alpha value is -4.38. The second-order valence-corrected chi connectivity index (χ2v) is 12.4. The molecule has 5 rings (SSSR count). The lowest BCUT2D eigenvalue weighted by molar-refractivity contribution is -0.138. The normalized spacial score (nSPS) is 15.3. The van der Waals surface area contributed by atoms with Crippen LogP contribution in [0.4, 0.5) is 8.78 Å². The number of hydrogen-bond donors (Lipinski definition) is 2. The Labute approximate surface area is 260 Å². The van der Waals surface area contributed by atoms with Crippen LogP contribution in [0.25, 0.3) is 16.8 Å². The van der Waals surface area contributed by atoms with Crippen molar-refractivity contribution in [2.75, 3.05) is 19.6 Å². The Bertz CT molecular complexity index is 1760. The van der Waals surface area contributed by atoms with Gasteiger partial charge < -0.3 is 19.4 Å². The smallest absolute Gasteiger partial charge is 0.305 e. The molecule has 0 radical (unpaired) electrons. The molecule has 0 spiro atoms. The van der Waals surface area contributed by atoms with Crippen LogP contribution in [-0.2, 0) is 16.0 Å². The fourth-order valence-corrected chi connectivity index (χ4v) is 6.12. The van der Waals surface area contributed by atoms with Crippen molar-refractivity contribution in [3.05, 3.63) is 93.5 Å². The molecule has 0 saturated carbocycles. The Morgan fingerprint density at radius 3 is 2.49 bits per heavy atom. The first kappa shape index (κ1) is 32.0. The van der Waals surface area contributed by atoms with Crippen LogP contribution in [0.1, 0.15) is 61.0 Å². The Morgan fingerprint density at radius 1 is 1.13 bits per heavy atom. The third kappa shape index (κ3) is 7.14. The number of fused-ring (bicyclic) bond motifs is 1. The predicted molar refractivity (Wildman–Crippen MR) is 167 cm³/mol. The third-order valence-corrected chi connectivity index (χ3v) is 8.38. The first-order valence-electron chi connectivity index (χ1n) is 15.2. The van der Waals surface area contributed by atoms with Crippen molar-refractivity contribution in [3.8, 4) is 11.1 Å². The number of nitrogens with one attached hydrogen (secondary N) is 1. The average Bonchev–Trinajstić information content (AvgIpc) is 3.43. The summed E-state index contributed by atoms with van der Waals surface area (Å²) in [5.74, 6) is -2.73. The summed E-state index contributed by atoms with van der Waals surface area (Å²) in [6, 6.07) is 6.93. The van der Waals surface area contributed by atoms with Gasteiger partial charge in [0.25, 0.3) is 5.56 Å². The number of halogens is 2. The number of aryl methyl sites for hydroxylation is 2. The molecule has 0 aliphatic carbocycles. The summed E-state index contributed by atoms with van der Waals surface area (Å²) in [7, 11) is 0. The lowest BCUT2D eigenvalue weighted by Crippen LogP contribution is -2.49. The van der Waals surface area contributed by atoms with Gasteiger partial charge in [0.15, 0.2) is 5.82 Å². The van der Waals surface area contributed by atoms with Gasteiger partial charge in [-0.2, -0.15) is 0 Å². The first-order chi connectivity index (χ1) is 21.4. The highest BCUT2D eigenvalue weighted by Crippen LogP contribution is 2.33. The number of hydrogen-bond acceptors (Lipinski definition) is 5. The van der Waals surface area contributed by atoms with Crippen molar-refractivity contribution in [1.82, 2.24) is 24.2 Å². The molecule has 2 N–H and O–H groups in total. The number of carbonyl (C=O) groups is 2. The molecule has 238 valence electrons. The van der Waals surface area contributed by atoms with E-state index in [0.717, 1.165) is 26.8 Å². The van der Waals surface area contributed by atoms with E-state index in [1.54, 1.807) is 23.0 Å². The Balaban J connectivity index is 1.51. The van der Waals surface area contributed by atoms with Crippen molar-refractivity contribution < 1.29 is 23.5 Å². The third-order valence-electron chi connectivity index (χ3n) is 8.38. The fourth-order valence-electron chi connectivity index (χ4n) is 6.12. The Morgan fingerprint density at radius 2 is 1.84 bits per heavy atom. The van der Waals surface area contributed by atoms with Gasteiger partial charge in [-0.25, -0.2) is 13.8 Å².